The lowest BCUT2D eigenvalue weighted by Crippen LogP contribution is -2.38. The van der Waals surface area contributed by atoms with Gasteiger partial charge in [-0.2, -0.15) is 10.2 Å². The van der Waals surface area contributed by atoms with Crippen LogP contribution >= 0.6 is 0 Å². The van der Waals surface area contributed by atoms with E-state index in [0.29, 0.717) is 38.2 Å². The number of pyridine rings is 1. The number of nitrogens with one attached hydrogen (secondary N) is 1. The maximum atomic E-state index is 12.5. The quantitative estimate of drug-likeness (QED) is 0.772. The molecule has 7 heteroatoms. The molecule has 1 aromatic heterocycles. The van der Waals surface area contributed by atoms with Gasteiger partial charge in [0.25, 0.3) is 5.91 Å². The highest BCUT2D eigenvalue weighted by atomic mass is 16.5. The first-order chi connectivity index (χ1) is 11.7. The number of rotatable bonds is 7. The van der Waals surface area contributed by atoms with Crippen molar-refractivity contribution < 1.29 is 9.53 Å². The highest BCUT2D eigenvalue weighted by Gasteiger charge is 2.38. The van der Waals surface area contributed by atoms with Crippen LogP contribution in [-0.4, -0.2) is 49.4 Å². The smallest absolute Gasteiger partial charge is 0.254 e. The van der Waals surface area contributed by atoms with Gasteiger partial charge in [-0.3, -0.25) is 9.78 Å². The predicted octanol–water partition coefficient (Wildman–Crippen LogP) is 1.61. The standard InChI is InChI=1S/C17H21N5O2/c1-2-3-5-17(20-21-17)6-8-19-16(23)14-13-18-7-4-15(14)22-9-11-24-12-10-22/h1,4,7,13H,3,5-6,8-12H2,(H,19,23). The van der Waals surface area contributed by atoms with Crippen LogP contribution in [0, 0.1) is 12.3 Å². The van der Waals surface area contributed by atoms with Crippen molar-refractivity contribution in [3.63, 3.8) is 0 Å². The minimum absolute atomic E-state index is 0.127. The zero-order valence-corrected chi connectivity index (χ0v) is 13.6. The molecule has 0 radical (unpaired) electrons. The van der Waals surface area contributed by atoms with E-state index in [1.54, 1.807) is 12.4 Å². The van der Waals surface area contributed by atoms with Gasteiger partial charge in [-0.15, -0.1) is 12.3 Å². The van der Waals surface area contributed by atoms with Gasteiger partial charge in [0.1, 0.15) is 0 Å². The number of amides is 1. The lowest BCUT2D eigenvalue weighted by atomic mass is 10.0. The molecule has 3 rings (SSSR count). The third-order valence-electron chi connectivity index (χ3n) is 4.26. The summed E-state index contributed by atoms with van der Waals surface area (Å²) >= 11 is 0. The summed E-state index contributed by atoms with van der Waals surface area (Å²) in [5.41, 5.74) is 1.11. The summed E-state index contributed by atoms with van der Waals surface area (Å²) in [5.74, 6) is 2.47. The Bertz CT molecular complexity index is 655. The van der Waals surface area contributed by atoms with Crippen LogP contribution in [0.3, 0.4) is 0 Å². The van der Waals surface area contributed by atoms with Crippen molar-refractivity contribution >= 4 is 11.6 Å². The van der Waals surface area contributed by atoms with E-state index in [9.17, 15) is 4.79 Å². The fourth-order valence-electron chi connectivity index (χ4n) is 2.78. The first-order valence-electron chi connectivity index (χ1n) is 8.16. The van der Waals surface area contributed by atoms with Crippen molar-refractivity contribution in [3.05, 3.63) is 24.0 Å². The molecule has 1 aromatic rings. The van der Waals surface area contributed by atoms with Crippen LogP contribution in [0.15, 0.2) is 28.7 Å². The molecule has 2 aliphatic heterocycles. The van der Waals surface area contributed by atoms with Crippen molar-refractivity contribution in [1.29, 1.82) is 0 Å². The Kier molecular flexibility index (Phi) is 5.06. The highest BCUT2D eigenvalue weighted by molar-refractivity contribution is 5.99. The first-order valence-corrected chi connectivity index (χ1v) is 8.16. The second kappa shape index (κ2) is 7.41. The fraction of sp³-hybridized carbons (Fsp3) is 0.529. The van der Waals surface area contributed by atoms with Crippen molar-refractivity contribution in [2.75, 3.05) is 37.7 Å². The van der Waals surface area contributed by atoms with E-state index < -0.39 is 0 Å². The molecule has 0 atom stereocenters. The molecule has 0 spiro atoms. The summed E-state index contributed by atoms with van der Waals surface area (Å²) in [6, 6.07) is 1.88. The number of terminal acetylenes is 1. The van der Waals surface area contributed by atoms with Crippen molar-refractivity contribution in [2.45, 2.75) is 24.9 Å². The van der Waals surface area contributed by atoms with Gasteiger partial charge in [0.15, 0.2) is 5.66 Å². The number of nitrogens with zero attached hydrogens (tertiary/aromatic N) is 4. The summed E-state index contributed by atoms with van der Waals surface area (Å²) in [5, 5.41) is 11.1. The Morgan fingerprint density at radius 2 is 2.17 bits per heavy atom. The monoisotopic (exact) mass is 327 g/mol. The van der Waals surface area contributed by atoms with Gasteiger partial charge in [-0.25, -0.2) is 0 Å². The molecule has 0 bridgehead atoms. The fourth-order valence-corrected chi connectivity index (χ4v) is 2.78. The Balaban J connectivity index is 1.56. The van der Waals surface area contributed by atoms with Crippen LogP contribution in [0.5, 0.6) is 0 Å². The van der Waals surface area contributed by atoms with Gasteiger partial charge >= 0.3 is 0 Å². The zero-order chi connectivity index (χ0) is 16.8. The summed E-state index contributed by atoms with van der Waals surface area (Å²) in [6.45, 7) is 3.40. The number of morpholine rings is 1. The maximum absolute atomic E-state index is 12.5. The third kappa shape index (κ3) is 3.89. The number of aromatic nitrogens is 1. The van der Waals surface area contributed by atoms with E-state index in [1.165, 1.54) is 0 Å². The number of hydrogen-bond donors (Lipinski definition) is 1. The van der Waals surface area contributed by atoms with Crippen LogP contribution in [0.4, 0.5) is 5.69 Å². The van der Waals surface area contributed by atoms with Gasteiger partial charge in [-0.05, 0) is 6.07 Å². The highest BCUT2D eigenvalue weighted by Crippen LogP contribution is 2.36. The Labute approximate surface area is 141 Å². The van der Waals surface area contributed by atoms with Gasteiger partial charge in [0.05, 0.1) is 24.5 Å². The second-order valence-corrected chi connectivity index (χ2v) is 5.88. The zero-order valence-electron chi connectivity index (χ0n) is 13.6. The Hall–Kier alpha value is -2.46. The molecule has 1 amide bonds. The molecule has 0 saturated carbocycles. The van der Waals surface area contributed by atoms with Crippen LogP contribution in [0.25, 0.3) is 0 Å². The number of carbonyl (C=O) groups is 1. The van der Waals surface area contributed by atoms with Gasteiger partial charge in [0, 0.05) is 51.3 Å². The molecule has 3 heterocycles. The van der Waals surface area contributed by atoms with E-state index in [-0.39, 0.29) is 11.6 Å². The summed E-state index contributed by atoms with van der Waals surface area (Å²) in [4.78, 5) is 18.8. The number of anilines is 1. The molecule has 0 aliphatic carbocycles. The van der Waals surface area contributed by atoms with Crippen molar-refractivity contribution in [2.24, 2.45) is 10.2 Å². The first kappa shape index (κ1) is 16.4. The average Bonchev–Trinajstić information content (AvgIpc) is 3.41. The molecule has 126 valence electrons. The summed E-state index contributed by atoms with van der Waals surface area (Å²) < 4.78 is 5.37. The lowest BCUT2D eigenvalue weighted by molar-refractivity contribution is 0.0950. The van der Waals surface area contributed by atoms with Crippen LogP contribution in [-0.2, 0) is 4.74 Å². The molecule has 7 nitrogen and oxygen atoms in total. The molecular weight excluding hydrogens is 306 g/mol. The van der Waals surface area contributed by atoms with E-state index in [4.69, 9.17) is 11.2 Å². The van der Waals surface area contributed by atoms with Gasteiger partial charge < -0.3 is 15.0 Å². The van der Waals surface area contributed by atoms with E-state index in [0.717, 1.165) is 25.2 Å². The van der Waals surface area contributed by atoms with E-state index in [1.807, 2.05) is 6.07 Å². The number of ether oxygens (including phenoxy) is 1. The molecule has 1 saturated heterocycles. The molecular formula is C17H21N5O2. The van der Waals surface area contributed by atoms with Gasteiger partial charge in [-0.1, -0.05) is 0 Å². The topological polar surface area (TPSA) is 79.2 Å². The van der Waals surface area contributed by atoms with Crippen molar-refractivity contribution in [3.8, 4) is 12.3 Å². The summed E-state index contributed by atoms with van der Waals surface area (Å²) in [7, 11) is 0. The van der Waals surface area contributed by atoms with Crippen molar-refractivity contribution in [1.82, 2.24) is 10.3 Å². The number of hydrogen-bond acceptors (Lipinski definition) is 6. The van der Waals surface area contributed by atoms with E-state index >= 15 is 0 Å². The summed E-state index contributed by atoms with van der Waals surface area (Å²) in [6.07, 6.45) is 10.7. The largest absolute Gasteiger partial charge is 0.378 e. The SMILES string of the molecule is C#CCCC1(CCNC(=O)c2cnccc2N2CCOCC2)N=N1. The molecule has 2 aliphatic rings. The molecule has 24 heavy (non-hydrogen) atoms. The Morgan fingerprint density at radius 1 is 1.38 bits per heavy atom. The predicted molar refractivity (Wildman–Crippen MR) is 89.9 cm³/mol. The second-order valence-electron chi connectivity index (χ2n) is 5.88. The molecule has 0 unspecified atom stereocenters. The minimum atomic E-state index is -0.373. The average molecular weight is 327 g/mol. The van der Waals surface area contributed by atoms with E-state index in [2.05, 4.69) is 31.3 Å². The van der Waals surface area contributed by atoms with Crippen LogP contribution < -0.4 is 10.2 Å². The maximum Gasteiger partial charge on any atom is 0.254 e. The number of carbonyl (C=O) groups excluding carboxylic acids is 1. The van der Waals surface area contributed by atoms with Gasteiger partial charge in [0.2, 0.25) is 0 Å². The third-order valence-corrected chi connectivity index (χ3v) is 4.26. The molecule has 0 aromatic carbocycles. The molecule has 1 fully saturated rings. The van der Waals surface area contributed by atoms with Crippen LogP contribution in [0.2, 0.25) is 0 Å². The normalized spacial score (nSPS) is 18.0. The lowest BCUT2D eigenvalue weighted by Gasteiger charge is -2.30. The van der Waals surface area contributed by atoms with Crippen LogP contribution in [0.1, 0.15) is 29.6 Å². The minimum Gasteiger partial charge on any atom is -0.378 e. The Morgan fingerprint density at radius 3 is 2.88 bits per heavy atom. The molecule has 1 N–H and O–H groups in total.